The standard InChI is InChI=1S/C21H16Cl2N4O3S2/c1-10(13-9-32-20(19(13)29)11-2-4-14(22)15(23)6-11)26-27-21(31)24-12-3-5-17-16(7-12)25-18(28)8-30-17/h2-7,9,29H,8H2,1H3,(H,25,28)(H2,24,27,31)/b26-10+. The topological polar surface area (TPSA) is 95.0 Å². The van der Waals surface area contributed by atoms with Crippen molar-refractivity contribution in [3.63, 3.8) is 0 Å². The molecule has 3 aromatic rings. The van der Waals surface area contributed by atoms with Crippen LogP contribution in [0.1, 0.15) is 12.5 Å². The number of hydrogen-bond donors (Lipinski definition) is 4. The van der Waals surface area contributed by atoms with Crippen LogP contribution in [0, 0.1) is 0 Å². The number of fused-ring (bicyclic) bond motifs is 1. The van der Waals surface area contributed by atoms with E-state index in [4.69, 9.17) is 40.2 Å². The minimum absolute atomic E-state index is 0.00403. The molecule has 4 N–H and O–H groups in total. The summed E-state index contributed by atoms with van der Waals surface area (Å²) in [5.41, 5.74) is 5.84. The number of amides is 1. The van der Waals surface area contributed by atoms with Crippen LogP contribution in [-0.4, -0.2) is 28.4 Å². The number of nitrogens with zero attached hydrogens (tertiary/aromatic N) is 1. The molecule has 2 heterocycles. The second-order valence-corrected chi connectivity index (χ2v) is 8.87. The number of ether oxygens (including phenoxy) is 1. The van der Waals surface area contributed by atoms with E-state index in [2.05, 4.69) is 21.2 Å². The third-order valence-corrected chi connectivity index (χ3v) is 6.48. The van der Waals surface area contributed by atoms with Crippen molar-refractivity contribution < 1.29 is 14.6 Å². The number of hydrogen-bond acceptors (Lipinski definition) is 6. The number of anilines is 2. The molecule has 0 saturated heterocycles. The van der Waals surface area contributed by atoms with Crippen molar-refractivity contribution in [3.8, 4) is 21.9 Å². The summed E-state index contributed by atoms with van der Waals surface area (Å²) >= 11 is 18.7. The van der Waals surface area contributed by atoms with Crippen molar-refractivity contribution in [2.75, 3.05) is 17.2 Å². The van der Waals surface area contributed by atoms with Gasteiger partial charge in [0.15, 0.2) is 11.7 Å². The molecule has 0 radical (unpaired) electrons. The highest BCUT2D eigenvalue weighted by molar-refractivity contribution is 7.80. The lowest BCUT2D eigenvalue weighted by Crippen LogP contribution is -2.27. The van der Waals surface area contributed by atoms with E-state index in [1.807, 2.05) is 0 Å². The van der Waals surface area contributed by atoms with E-state index < -0.39 is 0 Å². The molecule has 2 aromatic carbocycles. The highest BCUT2D eigenvalue weighted by Crippen LogP contribution is 2.40. The molecular weight excluding hydrogens is 491 g/mol. The van der Waals surface area contributed by atoms with Gasteiger partial charge in [-0.1, -0.05) is 29.3 Å². The summed E-state index contributed by atoms with van der Waals surface area (Å²) in [6.07, 6.45) is 0. The Morgan fingerprint density at radius 3 is 2.84 bits per heavy atom. The monoisotopic (exact) mass is 506 g/mol. The summed E-state index contributed by atoms with van der Waals surface area (Å²) < 4.78 is 5.33. The van der Waals surface area contributed by atoms with E-state index in [9.17, 15) is 9.90 Å². The van der Waals surface area contributed by atoms with E-state index >= 15 is 0 Å². The maximum atomic E-state index is 11.5. The first-order valence-electron chi connectivity index (χ1n) is 9.26. The number of rotatable bonds is 4. The number of hydrazone groups is 1. The van der Waals surface area contributed by atoms with Crippen molar-refractivity contribution >= 4 is 74.9 Å². The number of aromatic hydroxyl groups is 1. The average molecular weight is 507 g/mol. The van der Waals surface area contributed by atoms with Crippen molar-refractivity contribution in [1.82, 2.24) is 5.43 Å². The Labute approximate surface area is 203 Å². The van der Waals surface area contributed by atoms with Crippen LogP contribution in [0.15, 0.2) is 46.9 Å². The number of nitrogens with one attached hydrogen (secondary N) is 3. The Bertz CT molecular complexity index is 1260. The van der Waals surface area contributed by atoms with Crippen LogP contribution < -0.4 is 20.8 Å². The number of benzene rings is 2. The second kappa shape index (κ2) is 9.33. The predicted molar refractivity (Wildman–Crippen MR) is 134 cm³/mol. The van der Waals surface area contributed by atoms with Crippen LogP contribution in [0.4, 0.5) is 11.4 Å². The fraction of sp³-hybridized carbons (Fsp3) is 0.0952. The molecule has 0 atom stereocenters. The van der Waals surface area contributed by atoms with Gasteiger partial charge in [0.2, 0.25) is 0 Å². The first-order valence-corrected chi connectivity index (χ1v) is 11.3. The summed E-state index contributed by atoms with van der Waals surface area (Å²) in [6, 6.07) is 10.4. The van der Waals surface area contributed by atoms with Gasteiger partial charge in [-0.2, -0.15) is 5.10 Å². The van der Waals surface area contributed by atoms with Crippen LogP contribution in [-0.2, 0) is 4.79 Å². The van der Waals surface area contributed by atoms with Crippen LogP contribution in [0.3, 0.4) is 0 Å². The van der Waals surface area contributed by atoms with E-state index in [-0.39, 0.29) is 23.4 Å². The molecule has 0 unspecified atom stereocenters. The molecule has 0 fully saturated rings. The molecule has 4 rings (SSSR count). The first kappa shape index (κ1) is 22.3. The largest absolute Gasteiger partial charge is 0.506 e. The summed E-state index contributed by atoms with van der Waals surface area (Å²) in [6.45, 7) is 1.75. The van der Waals surface area contributed by atoms with E-state index in [0.717, 1.165) is 5.56 Å². The summed E-state index contributed by atoms with van der Waals surface area (Å²) in [4.78, 5) is 12.1. The number of thiocarbonyl (C=S) groups is 1. The van der Waals surface area contributed by atoms with Crippen molar-refractivity contribution in [2.45, 2.75) is 6.92 Å². The molecule has 32 heavy (non-hydrogen) atoms. The molecule has 0 saturated carbocycles. The minimum atomic E-state index is -0.216. The number of thiophene rings is 1. The molecule has 1 aliphatic heterocycles. The molecule has 0 bridgehead atoms. The lowest BCUT2D eigenvalue weighted by molar-refractivity contribution is -0.118. The Morgan fingerprint density at radius 2 is 2.06 bits per heavy atom. The third-order valence-electron chi connectivity index (χ3n) is 4.53. The van der Waals surface area contributed by atoms with Gasteiger partial charge in [-0.25, -0.2) is 0 Å². The normalized spacial score (nSPS) is 13.1. The lowest BCUT2D eigenvalue weighted by Gasteiger charge is -2.18. The third kappa shape index (κ3) is 4.81. The van der Waals surface area contributed by atoms with Crippen LogP contribution in [0.25, 0.3) is 10.4 Å². The smallest absolute Gasteiger partial charge is 0.262 e. The van der Waals surface area contributed by atoms with Crippen molar-refractivity contribution in [1.29, 1.82) is 0 Å². The SMILES string of the molecule is C/C(=N\NC(=S)Nc1ccc2c(c1)NC(=O)CO2)c1csc(-c2ccc(Cl)c(Cl)c2)c1O. The molecule has 1 aromatic heterocycles. The Kier molecular flexibility index (Phi) is 6.52. The molecule has 0 spiro atoms. The Hall–Kier alpha value is -2.85. The Balaban J connectivity index is 1.44. The predicted octanol–water partition coefficient (Wildman–Crippen LogP) is 5.47. The molecule has 7 nitrogen and oxygen atoms in total. The number of carbonyl (C=O) groups excluding carboxylic acids is 1. The number of halogens is 2. The maximum Gasteiger partial charge on any atom is 0.262 e. The molecular formula is C21H16Cl2N4O3S2. The lowest BCUT2D eigenvalue weighted by atomic mass is 10.1. The van der Waals surface area contributed by atoms with Gasteiger partial charge in [-0.05, 0) is 55.0 Å². The summed E-state index contributed by atoms with van der Waals surface area (Å²) in [5.74, 6) is 0.473. The first-order chi connectivity index (χ1) is 15.3. The summed E-state index contributed by atoms with van der Waals surface area (Å²) in [7, 11) is 0. The van der Waals surface area contributed by atoms with Crippen molar-refractivity contribution in [2.24, 2.45) is 5.10 Å². The zero-order chi connectivity index (χ0) is 22.8. The molecule has 1 aliphatic rings. The van der Waals surface area contributed by atoms with Crippen LogP contribution in [0.2, 0.25) is 10.0 Å². The van der Waals surface area contributed by atoms with E-state index in [1.165, 1.54) is 11.3 Å². The van der Waals surface area contributed by atoms with E-state index in [0.29, 0.717) is 43.3 Å². The van der Waals surface area contributed by atoms with Gasteiger partial charge in [0.05, 0.1) is 31.9 Å². The molecule has 11 heteroatoms. The minimum Gasteiger partial charge on any atom is -0.506 e. The van der Waals surface area contributed by atoms with Gasteiger partial charge in [0, 0.05) is 11.1 Å². The van der Waals surface area contributed by atoms with Gasteiger partial charge in [0.1, 0.15) is 11.5 Å². The van der Waals surface area contributed by atoms with Crippen LogP contribution >= 0.6 is 46.8 Å². The van der Waals surface area contributed by atoms with Crippen molar-refractivity contribution in [3.05, 3.63) is 57.4 Å². The molecule has 0 aliphatic carbocycles. The molecule has 1 amide bonds. The quantitative estimate of drug-likeness (QED) is 0.213. The Morgan fingerprint density at radius 1 is 1.25 bits per heavy atom. The molecule has 164 valence electrons. The zero-order valence-corrected chi connectivity index (χ0v) is 19.7. The number of carbonyl (C=O) groups is 1. The fourth-order valence-electron chi connectivity index (χ4n) is 2.97. The van der Waals surface area contributed by atoms with Gasteiger partial charge in [0.25, 0.3) is 5.91 Å². The van der Waals surface area contributed by atoms with Crippen LogP contribution in [0.5, 0.6) is 11.5 Å². The van der Waals surface area contributed by atoms with Gasteiger partial charge < -0.3 is 20.5 Å². The summed E-state index contributed by atoms with van der Waals surface area (Å²) in [5, 5.41) is 23.6. The highest BCUT2D eigenvalue weighted by Gasteiger charge is 2.17. The fourth-order valence-corrected chi connectivity index (χ4v) is 4.43. The van der Waals surface area contributed by atoms with E-state index in [1.54, 1.807) is 48.7 Å². The maximum absolute atomic E-state index is 11.5. The van der Waals surface area contributed by atoms with Gasteiger partial charge in [-0.3, -0.25) is 10.2 Å². The highest BCUT2D eigenvalue weighted by atomic mass is 35.5. The zero-order valence-electron chi connectivity index (χ0n) is 16.5. The van der Waals surface area contributed by atoms with Gasteiger partial charge >= 0.3 is 0 Å². The second-order valence-electron chi connectivity index (χ2n) is 6.77. The average Bonchev–Trinajstić information content (AvgIpc) is 3.15. The van der Waals surface area contributed by atoms with Gasteiger partial charge in [-0.15, -0.1) is 11.3 Å².